The minimum Gasteiger partial charge on any atom is -0.310 e. The lowest BCUT2D eigenvalue weighted by molar-refractivity contribution is 0.515. The number of aryl methyl sites for hydroxylation is 1. The number of rotatable bonds is 6. The quantitative estimate of drug-likeness (QED) is 0.815. The van der Waals surface area contributed by atoms with Crippen molar-refractivity contribution in [3.63, 3.8) is 0 Å². The Balaban J connectivity index is 1.69. The second-order valence-corrected chi connectivity index (χ2v) is 5.42. The molecule has 1 aromatic heterocycles. The Bertz CT molecular complexity index is 408. The summed E-state index contributed by atoms with van der Waals surface area (Å²) in [6.07, 6.45) is 2.38. The van der Waals surface area contributed by atoms with Crippen molar-refractivity contribution in [2.45, 2.75) is 32.4 Å². The summed E-state index contributed by atoms with van der Waals surface area (Å²) in [5.74, 6) is 0. The third-order valence-corrected chi connectivity index (χ3v) is 3.84. The number of nitrogens with one attached hydrogen (secondary N) is 1. The van der Waals surface area contributed by atoms with E-state index in [1.807, 2.05) is 11.3 Å². The lowest BCUT2D eigenvalue weighted by Gasteiger charge is -2.13. The molecule has 0 aliphatic rings. The molecule has 0 aliphatic carbocycles. The lowest BCUT2D eigenvalue weighted by atomic mass is 10.1. The molecule has 0 bridgehead atoms. The SMILES string of the molecule is CC(CCc1cccs1)NCc1ccccc1. The molecule has 1 N–H and O–H groups in total. The summed E-state index contributed by atoms with van der Waals surface area (Å²) >= 11 is 1.85. The summed E-state index contributed by atoms with van der Waals surface area (Å²) in [5, 5.41) is 5.72. The lowest BCUT2D eigenvalue weighted by Crippen LogP contribution is -2.25. The van der Waals surface area contributed by atoms with E-state index in [-0.39, 0.29) is 0 Å². The van der Waals surface area contributed by atoms with Crippen molar-refractivity contribution in [3.05, 3.63) is 58.3 Å². The standard InChI is InChI=1S/C15H19NS/c1-13(9-10-15-8-5-11-17-15)16-12-14-6-3-2-4-7-14/h2-8,11,13,16H,9-10,12H2,1H3. The smallest absolute Gasteiger partial charge is 0.0207 e. The molecule has 0 amide bonds. The molecule has 0 saturated carbocycles. The fourth-order valence-electron chi connectivity index (χ4n) is 1.80. The summed E-state index contributed by atoms with van der Waals surface area (Å²) in [5.41, 5.74) is 1.36. The van der Waals surface area contributed by atoms with E-state index in [4.69, 9.17) is 0 Å². The van der Waals surface area contributed by atoms with E-state index in [1.54, 1.807) is 0 Å². The second-order valence-electron chi connectivity index (χ2n) is 4.39. The molecule has 0 radical (unpaired) electrons. The predicted molar refractivity (Wildman–Crippen MR) is 75.4 cm³/mol. The van der Waals surface area contributed by atoms with Crippen LogP contribution in [0.15, 0.2) is 47.8 Å². The van der Waals surface area contributed by atoms with Crippen molar-refractivity contribution in [1.82, 2.24) is 5.32 Å². The summed E-state index contributed by atoms with van der Waals surface area (Å²) in [6, 6.07) is 15.5. The van der Waals surface area contributed by atoms with E-state index in [1.165, 1.54) is 23.3 Å². The van der Waals surface area contributed by atoms with Gasteiger partial charge in [-0.05, 0) is 36.8 Å². The molecule has 2 rings (SSSR count). The van der Waals surface area contributed by atoms with Crippen LogP contribution >= 0.6 is 11.3 Å². The maximum absolute atomic E-state index is 3.57. The van der Waals surface area contributed by atoms with Gasteiger partial charge in [0.15, 0.2) is 0 Å². The number of hydrogen-bond acceptors (Lipinski definition) is 2. The van der Waals surface area contributed by atoms with Crippen molar-refractivity contribution in [2.75, 3.05) is 0 Å². The van der Waals surface area contributed by atoms with E-state index in [0.29, 0.717) is 6.04 Å². The van der Waals surface area contributed by atoms with Crippen molar-refractivity contribution in [1.29, 1.82) is 0 Å². The molecule has 1 nitrogen and oxygen atoms in total. The molecule has 0 aliphatic heterocycles. The zero-order valence-corrected chi connectivity index (χ0v) is 11.0. The van der Waals surface area contributed by atoms with Gasteiger partial charge >= 0.3 is 0 Å². The van der Waals surface area contributed by atoms with Crippen molar-refractivity contribution in [2.24, 2.45) is 0 Å². The summed E-state index contributed by atoms with van der Waals surface area (Å²) < 4.78 is 0. The van der Waals surface area contributed by atoms with Crippen LogP contribution in [0.5, 0.6) is 0 Å². The molecule has 1 atom stereocenters. The summed E-state index contributed by atoms with van der Waals surface area (Å²) in [4.78, 5) is 1.48. The van der Waals surface area contributed by atoms with Crippen LogP contribution in [0.25, 0.3) is 0 Å². The topological polar surface area (TPSA) is 12.0 Å². The molecule has 90 valence electrons. The van der Waals surface area contributed by atoms with Gasteiger partial charge in [0, 0.05) is 17.5 Å². The molecule has 1 unspecified atom stereocenters. The highest BCUT2D eigenvalue weighted by atomic mass is 32.1. The highest BCUT2D eigenvalue weighted by Crippen LogP contribution is 2.12. The first-order valence-corrected chi connectivity index (χ1v) is 7.02. The minimum absolute atomic E-state index is 0.567. The Morgan fingerprint density at radius 1 is 1.12 bits per heavy atom. The number of thiophene rings is 1. The fourth-order valence-corrected chi connectivity index (χ4v) is 2.53. The molecule has 2 heteroatoms. The van der Waals surface area contributed by atoms with Gasteiger partial charge < -0.3 is 5.32 Å². The number of hydrogen-bond donors (Lipinski definition) is 1. The van der Waals surface area contributed by atoms with Crippen LogP contribution in [0, 0.1) is 0 Å². The van der Waals surface area contributed by atoms with Gasteiger partial charge in [0.05, 0.1) is 0 Å². The van der Waals surface area contributed by atoms with Crippen LogP contribution in [0.2, 0.25) is 0 Å². The Hall–Kier alpha value is -1.12. The minimum atomic E-state index is 0.567. The Labute approximate surface area is 108 Å². The van der Waals surface area contributed by atoms with Crippen LogP contribution in [-0.2, 0) is 13.0 Å². The predicted octanol–water partition coefficient (Wildman–Crippen LogP) is 3.86. The van der Waals surface area contributed by atoms with E-state index in [0.717, 1.165) is 6.54 Å². The molecule has 0 spiro atoms. The van der Waals surface area contributed by atoms with Gasteiger partial charge in [-0.15, -0.1) is 11.3 Å². The van der Waals surface area contributed by atoms with Crippen molar-refractivity contribution < 1.29 is 0 Å². The molecule has 0 fully saturated rings. The normalized spacial score (nSPS) is 12.5. The van der Waals surface area contributed by atoms with Crippen molar-refractivity contribution in [3.8, 4) is 0 Å². The monoisotopic (exact) mass is 245 g/mol. The third kappa shape index (κ3) is 4.33. The maximum Gasteiger partial charge on any atom is 0.0207 e. The molecule has 0 saturated heterocycles. The first-order valence-electron chi connectivity index (χ1n) is 6.14. The van der Waals surface area contributed by atoms with Gasteiger partial charge in [0.25, 0.3) is 0 Å². The summed E-state index contributed by atoms with van der Waals surface area (Å²) in [6.45, 7) is 3.23. The number of benzene rings is 1. The van der Waals surface area contributed by atoms with Gasteiger partial charge in [-0.3, -0.25) is 0 Å². The molecular weight excluding hydrogens is 226 g/mol. The zero-order chi connectivity index (χ0) is 11.9. The van der Waals surface area contributed by atoms with Crippen LogP contribution in [0.3, 0.4) is 0 Å². The van der Waals surface area contributed by atoms with E-state index in [2.05, 4.69) is 60.1 Å². The van der Waals surface area contributed by atoms with Gasteiger partial charge in [0.1, 0.15) is 0 Å². The van der Waals surface area contributed by atoms with Gasteiger partial charge in [0.2, 0.25) is 0 Å². The highest BCUT2D eigenvalue weighted by molar-refractivity contribution is 7.09. The molecule has 1 heterocycles. The Morgan fingerprint density at radius 2 is 1.94 bits per heavy atom. The van der Waals surface area contributed by atoms with E-state index in [9.17, 15) is 0 Å². The molecule has 1 aromatic carbocycles. The average Bonchev–Trinajstić information content (AvgIpc) is 2.88. The van der Waals surface area contributed by atoms with E-state index >= 15 is 0 Å². The molecule has 17 heavy (non-hydrogen) atoms. The van der Waals surface area contributed by atoms with Gasteiger partial charge in [-0.1, -0.05) is 36.4 Å². The van der Waals surface area contributed by atoms with Gasteiger partial charge in [-0.25, -0.2) is 0 Å². The van der Waals surface area contributed by atoms with Gasteiger partial charge in [-0.2, -0.15) is 0 Å². The van der Waals surface area contributed by atoms with Crippen LogP contribution in [-0.4, -0.2) is 6.04 Å². The van der Waals surface area contributed by atoms with E-state index < -0.39 is 0 Å². The largest absolute Gasteiger partial charge is 0.310 e. The van der Waals surface area contributed by atoms with Crippen LogP contribution in [0.1, 0.15) is 23.8 Å². The van der Waals surface area contributed by atoms with Crippen LogP contribution < -0.4 is 5.32 Å². The average molecular weight is 245 g/mol. The first kappa shape index (κ1) is 12.3. The fraction of sp³-hybridized carbons (Fsp3) is 0.333. The summed E-state index contributed by atoms with van der Waals surface area (Å²) in [7, 11) is 0. The molecule has 2 aromatic rings. The van der Waals surface area contributed by atoms with Crippen LogP contribution in [0.4, 0.5) is 0 Å². The third-order valence-electron chi connectivity index (χ3n) is 2.90. The Kier molecular flexibility index (Phi) is 4.77. The van der Waals surface area contributed by atoms with Crippen molar-refractivity contribution >= 4 is 11.3 Å². The zero-order valence-electron chi connectivity index (χ0n) is 10.2. The first-order chi connectivity index (χ1) is 8.34. The highest BCUT2D eigenvalue weighted by Gasteiger charge is 2.02. The maximum atomic E-state index is 3.57. The second kappa shape index (κ2) is 6.58. The Morgan fingerprint density at radius 3 is 2.65 bits per heavy atom. The molecular formula is C15H19NS.